The standard InChI is InChI=1S/C23H31N7O3S/c1-5-28(6-2)34(32,33)18-9-10-20-19(16-18)25-21(29(20)7-3)11-12-23(31)26-22-15-17(4)27-30(22)14-8-13-24/h9-10,15-16H,5-8,11-12,14H2,1-4H3,(H,26,31). The monoisotopic (exact) mass is 485 g/mol. The Balaban J connectivity index is 1.79. The molecule has 0 fully saturated rings. The zero-order valence-electron chi connectivity index (χ0n) is 20.1. The largest absolute Gasteiger partial charge is 0.328 e. The minimum absolute atomic E-state index is 0.183. The molecule has 0 saturated heterocycles. The minimum Gasteiger partial charge on any atom is -0.328 e. The predicted octanol–water partition coefficient (Wildman–Crippen LogP) is 3.08. The van der Waals surface area contributed by atoms with Crippen molar-refractivity contribution in [3.05, 3.63) is 35.8 Å². The number of benzene rings is 1. The summed E-state index contributed by atoms with van der Waals surface area (Å²) in [6, 6.07) is 8.85. The van der Waals surface area contributed by atoms with Gasteiger partial charge >= 0.3 is 0 Å². The Morgan fingerprint density at radius 2 is 1.94 bits per heavy atom. The van der Waals surface area contributed by atoms with E-state index in [2.05, 4.69) is 21.5 Å². The zero-order valence-corrected chi connectivity index (χ0v) is 20.9. The van der Waals surface area contributed by atoms with Gasteiger partial charge in [0.25, 0.3) is 0 Å². The lowest BCUT2D eigenvalue weighted by molar-refractivity contribution is -0.116. The summed E-state index contributed by atoms with van der Waals surface area (Å²) in [5.41, 5.74) is 2.19. The highest BCUT2D eigenvalue weighted by molar-refractivity contribution is 7.89. The molecule has 34 heavy (non-hydrogen) atoms. The average molecular weight is 486 g/mol. The highest BCUT2D eigenvalue weighted by Crippen LogP contribution is 2.24. The quantitative estimate of drug-likeness (QED) is 0.445. The Labute approximate surface area is 200 Å². The maximum Gasteiger partial charge on any atom is 0.243 e. The molecule has 0 bridgehead atoms. The summed E-state index contributed by atoms with van der Waals surface area (Å²) in [5, 5.41) is 16.0. The number of hydrogen-bond donors (Lipinski definition) is 1. The van der Waals surface area contributed by atoms with Crippen molar-refractivity contribution in [2.75, 3.05) is 18.4 Å². The molecule has 0 spiro atoms. The molecule has 0 atom stereocenters. The second-order valence-electron chi connectivity index (χ2n) is 7.86. The van der Waals surface area contributed by atoms with Gasteiger partial charge < -0.3 is 9.88 Å². The van der Waals surface area contributed by atoms with E-state index in [4.69, 9.17) is 5.26 Å². The van der Waals surface area contributed by atoms with Gasteiger partial charge in [-0.05, 0) is 32.0 Å². The first-order valence-corrected chi connectivity index (χ1v) is 12.9. The number of nitrogens with one attached hydrogen (secondary N) is 1. The van der Waals surface area contributed by atoms with E-state index < -0.39 is 10.0 Å². The Morgan fingerprint density at radius 3 is 2.59 bits per heavy atom. The van der Waals surface area contributed by atoms with Gasteiger partial charge in [0.15, 0.2) is 0 Å². The Hall–Kier alpha value is -3.23. The molecule has 1 aromatic carbocycles. The molecule has 0 aliphatic rings. The van der Waals surface area contributed by atoms with E-state index in [-0.39, 0.29) is 17.2 Å². The fourth-order valence-electron chi connectivity index (χ4n) is 3.98. The van der Waals surface area contributed by atoms with Crippen molar-refractivity contribution < 1.29 is 13.2 Å². The number of carbonyl (C=O) groups excluding carboxylic acids is 1. The van der Waals surface area contributed by atoms with E-state index in [1.165, 1.54) is 4.31 Å². The molecule has 10 nitrogen and oxygen atoms in total. The van der Waals surface area contributed by atoms with E-state index in [1.54, 1.807) is 28.9 Å². The SMILES string of the molecule is CCN(CC)S(=O)(=O)c1ccc2c(c1)nc(CCC(=O)Nc1cc(C)nn1CCC#N)n2CC. The number of imidazole rings is 1. The highest BCUT2D eigenvalue weighted by atomic mass is 32.2. The van der Waals surface area contributed by atoms with E-state index in [9.17, 15) is 13.2 Å². The topological polar surface area (TPSA) is 126 Å². The minimum atomic E-state index is -3.58. The number of anilines is 1. The Morgan fingerprint density at radius 1 is 1.21 bits per heavy atom. The van der Waals surface area contributed by atoms with Crippen LogP contribution in [0.1, 0.15) is 45.1 Å². The summed E-state index contributed by atoms with van der Waals surface area (Å²) in [6.45, 7) is 9.29. The second kappa shape index (κ2) is 10.8. The molecule has 0 unspecified atom stereocenters. The highest BCUT2D eigenvalue weighted by Gasteiger charge is 2.23. The van der Waals surface area contributed by atoms with Crippen LogP contribution in [0.5, 0.6) is 0 Å². The average Bonchev–Trinajstić information content (AvgIpc) is 3.34. The third-order valence-corrected chi connectivity index (χ3v) is 7.68. The first-order valence-electron chi connectivity index (χ1n) is 11.5. The Bertz CT molecular complexity index is 1310. The van der Waals surface area contributed by atoms with Crippen LogP contribution in [0.3, 0.4) is 0 Å². The maximum atomic E-state index is 12.9. The second-order valence-corrected chi connectivity index (χ2v) is 9.80. The molecular weight excluding hydrogens is 454 g/mol. The molecule has 11 heteroatoms. The van der Waals surface area contributed by atoms with Crippen LogP contribution >= 0.6 is 0 Å². The van der Waals surface area contributed by atoms with Crippen LogP contribution in [-0.2, 0) is 34.3 Å². The van der Waals surface area contributed by atoms with E-state index in [0.717, 1.165) is 17.0 Å². The fourth-order valence-corrected chi connectivity index (χ4v) is 5.46. The normalized spacial score (nSPS) is 11.8. The maximum absolute atomic E-state index is 12.9. The van der Waals surface area contributed by atoms with Crippen LogP contribution in [0.4, 0.5) is 5.82 Å². The van der Waals surface area contributed by atoms with Crippen molar-refractivity contribution in [2.24, 2.45) is 0 Å². The van der Waals surface area contributed by atoms with Gasteiger partial charge in [-0.25, -0.2) is 18.1 Å². The van der Waals surface area contributed by atoms with Crippen molar-refractivity contribution in [1.29, 1.82) is 5.26 Å². The summed E-state index contributed by atoms with van der Waals surface area (Å²) in [5.74, 6) is 1.10. The van der Waals surface area contributed by atoms with Crippen molar-refractivity contribution in [2.45, 2.75) is 64.9 Å². The number of nitriles is 1. The molecule has 182 valence electrons. The summed E-state index contributed by atoms with van der Waals surface area (Å²) in [7, 11) is -3.58. The molecular formula is C23H31N7O3S. The van der Waals surface area contributed by atoms with Gasteiger partial charge in [-0.2, -0.15) is 14.7 Å². The molecule has 1 N–H and O–H groups in total. The molecule has 3 rings (SSSR count). The summed E-state index contributed by atoms with van der Waals surface area (Å²) >= 11 is 0. The number of amides is 1. The van der Waals surface area contributed by atoms with Crippen LogP contribution in [0, 0.1) is 18.3 Å². The van der Waals surface area contributed by atoms with Crippen LogP contribution < -0.4 is 5.32 Å². The number of aryl methyl sites for hydroxylation is 4. The third kappa shape index (κ3) is 5.29. The van der Waals surface area contributed by atoms with E-state index in [0.29, 0.717) is 50.4 Å². The fraction of sp³-hybridized carbons (Fsp3) is 0.478. The smallest absolute Gasteiger partial charge is 0.243 e. The van der Waals surface area contributed by atoms with Gasteiger partial charge in [0.1, 0.15) is 11.6 Å². The number of nitrogens with zero attached hydrogens (tertiary/aromatic N) is 6. The lowest BCUT2D eigenvalue weighted by Crippen LogP contribution is -2.30. The van der Waals surface area contributed by atoms with Crippen molar-refractivity contribution in [1.82, 2.24) is 23.6 Å². The molecule has 0 radical (unpaired) electrons. The predicted molar refractivity (Wildman–Crippen MR) is 130 cm³/mol. The van der Waals surface area contributed by atoms with Gasteiger partial charge in [0, 0.05) is 38.5 Å². The molecule has 2 heterocycles. The number of sulfonamides is 1. The Kier molecular flexibility index (Phi) is 8.06. The number of rotatable bonds is 11. The zero-order chi connectivity index (χ0) is 24.9. The van der Waals surface area contributed by atoms with Crippen molar-refractivity contribution in [3.63, 3.8) is 0 Å². The lowest BCUT2D eigenvalue weighted by Gasteiger charge is -2.18. The van der Waals surface area contributed by atoms with Gasteiger partial charge in [-0.3, -0.25) is 4.79 Å². The van der Waals surface area contributed by atoms with Crippen LogP contribution in [0.2, 0.25) is 0 Å². The summed E-state index contributed by atoms with van der Waals surface area (Å²) < 4.78 is 30.8. The number of carbonyl (C=O) groups is 1. The van der Waals surface area contributed by atoms with Gasteiger partial charge in [0.05, 0.1) is 40.7 Å². The van der Waals surface area contributed by atoms with Gasteiger partial charge in [-0.1, -0.05) is 13.8 Å². The molecule has 0 aliphatic heterocycles. The van der Waals surface area contributed by atoms with Crippen LogP contribution in [0.15, 0.2) is 29.2 Å². The number of fused-ring (bicyclic) bond motifs is 1. The summed E-state index contributed by atoms with van der Waals surface area (Å²) in [4.78, 5) is 17.5. The first-order chi connectivity index (χ1) is 16.2. The van der Waals surface area contributed by atoms with E-state index in [1.807, 2.05) is 32.3 Å². The molecule has 3 aromatic rings. The molecule has 0 aliphatic carbocycles. The number of hydrogen-bond acceptors (Lipinski definition) is 6. The third-order valence-electron chi connectivity index (χ3n) is 5.64. The van der Waals surface area contributed by atoms with Crippen LogP contribution in [0.25, 0.3) is 11.0 Å². The number of aromatic nitrogens is 4. The summed E-state index contributed by atoms with van der Waals surface area (Å²) in [6.07, 6.45) is 0.907. The van der Waals surface area contributed by atoms with E-state index >= 15 is 0 Å². The van der Waals surface area contributed by atoms with Crippen LogP contribution in [-0.4, -0.2) is 51.1 Å². The van der Waals surface area contributed by atoms with Gasteiger partial charge in [-0.15, -0.1) is 0 Å². The van der Waals surface area contributed by atoms with Crippen molar-refractivity contribution in [3.8, 4) is 6.07 Å². The first kappa shape index (κ1) is 25.4. The van der Waals surface area contributed by atoms with Gasteiger partial charge in [0.2, 0.25) is 15.9 Å². The van der Waals surface area contributed by atoms with Crippen molar-refractivity contribution >= 4 is 32.8 Å². The molecule has 1 amide bonds. The molecule has 0 saturated carbocycles. The molecule has 2 aromatic heterocycles. The lowest BCUT2D eigenvalue weighted by atomic mass is 10.2.